The quantitative estimate of drug-likeness (QED) is 0.689. The smallest absolute Gasteiger partial charge is 0.221 e. The van der Waals surface area contributed by atoms with Gasteiger partial charge in [-0.3, -0.25) is 4.79 Å². The van der Waals surface area contributed by atoms with E-state index in [2.05, 4.69) is 16.7 Å². The summed E-state index contributed by atoms with van der Waals surface area (Å²) in [6.07, 6.45) is -0.213. The molecule has 0 unspecified atom stereocenters. The Bertz CT molecular complexity index is 483. The van der Waals surface area contributed by atoms with E-state index in [4.69, 9.17) is 9.47 Å². The van der Waals surface area contributed by atoms with Crippen molar-refractivity contribution in [2.24, 2.45) is 0 Å². The van der Waals surface area contributed by atoms with Crippen molar-refractivity contribution in [3.05, 3.63) is 28.8 Å². The minimum atomic E-state index is -0.213. The van der Waals surface area contributed by atoms with Crippen LogP contribution in [0.1, 0.15) is 37.5 Å². The average molecular weight is 308 g/mol. The largest absolute Gasteiger partial charge is 0.352 e. The lowest BCUT2D eigenvalue weighted by molar-refractivity contribution is -0.133. The van der Waals surface area contributed by atoms with Crippen molar-refractivity contribution in [2.75, 3.05) is 25.1 Å². The van der Waals surface area contributed by atoms with Gasteiger partial charge in [0.15, 0.2) is 6.29 Å². The fraction of sp³-hybridized carbons (Fsp3) is 0.588. The number of nitrogens with one attached hydrogen (secondary N) is 2. The first-order chi connectivity index (χ1) is 10.5. The van der Waals surface area contributed by atoms with Gasteiger partial charge in [0, 0.05) is 38.9 Å². The fourth-order valence-corrected chi connectivity index (χ4v) is 2.25. The van der Waals surface area contributed by atoms with Crippen LogP contribution in [0.2, 0.25) is 0 Å². The molecule has 0 heterocycles. The Morgan fingerprint density at radius 2 is 1.77 bits per heavy atom. The molecule has 0 radical (unpaired) electrons. The zero-order valence-electron chi connectivity index (χ0n) is 14.3. The average Bonchev–Trinajstić information content (AvgIpc) is 2.44. The molecule has 1 aromatic rings. The number of benzene rings is 1. The molecular formula is C17H28N2O3. The van der Waals surface area contributed by atoms with E-state index < -0.39 is 0 Å². The first kappa shape index (κ1) is 18.6. The molecule has 1 amide bonds. The number of aryl methyl sites for hydroxylation is 2. The maximum absolute atomic E-state index is 11.2. The van der Waals surface area contributed by atoms with Gasteiger partial charge in [0.05, 0.1) is 0 Å². The molecule has 0 atom stereocenters. The first-order valence-electron chi connectivity index (χ1n) is 7.79. The number of amides is 1. The van der Waals surface area contributed by atoms with Crippen LogP contribution in [0, 0.1) is 13.8 Å². The first-order valence-corrected chi connectivity index (χ1v) is 7.79. The summed E-state index contributed by atoms with van der Waals surface area (Å²) in [5.41, 5.74) is 4.28. The summed E-state index contributed by atoms with van der Waals surface area (Å²) in [5, 5.41) is 6.21. The molecule has 0 spiro atoms. The molecule has 5 nitrogen and oxygen atoms in total. The molecule has 22 heavy (non-hydrogen) atoms. The Labute approximate surface area is 133 Å². The summed E-state index contributed by atoms with van der Waals surface area (Å²) >= 11 is 0. The highest BCUT2D eigenvalue weighted by molar-refractivity contribution is 5.89. The van der Waals surface area contributed by atoms with Crippen LogP contribution in [0.3, 0.4) is 0 Å². The van der Waals surface area contributed by atoms with E-state index >= 15 is 0 Å². The van der Waals surface area contributed by atoms with E-state index in [1.165, 1.54) is 12.5 Å². The van der Waals surface area contributed by atoms with Crippen molar-refractivity contribution >= 4 is 11.6 Å². The molecule has 0 fully saturated rings. The maximum Gasteiger partial charge on any atom is 0.221 e. The minimum Gasteiger partial charge on any atom is -0.352 e. The topological polar surface area (TPSA) is 59.6 Å². The van der Waals surface area contributed by atoms with Crippen LogP contribution < -0.4 is 10.6 Å². The van der Waals surface area contributed by atoms with Crippen molar-refractivity contribution in [1.29, 1.82) is 0 Å². The Morgan fingerprint density at radius 3 is 2.32 bits per heavy atom. The van der Waals surface area contributed by atoms with Gasteiger partial charge in [-0.25, -0.2) is 0 Å². The molecule has 5 heteroatoms. The van der Waals surface area contributed by atoms with Gasteiger partial charge in [-0.15, -0.1) is 0 Å². The lowest BCUT2D eigenvalue weighted by Gasteiger charge is -2.18. The molecule has 0 aliphatic rings. The van der Waals surface area contributed by atoms with Crippen LogP contribution in [0.4, 0.5) is 5.69 Å². The van der Waals surface area contributed by atoms with Crippen molar-refractivity contribution < 1.29 is 14.3 Å². The molecule has 0 aliphatic heterocycles. The van der Waals surface area contributed by atoms with Gasteiger partial charge >= 0.3 is 0 Å². The van der Waals surface area contributed by atoms with E-state index in [1.54, 1.807) is 0 Å². The molecule has 0 aromatic heterocycles. The molecule has 0 bridgehead atoms. The van der Waals surface area contributed by atoms with E-state index in [1.807, 2.05) is 33.8 Å². The SMILES string of the molecule is CCOC(CNCc1cc(C)c(NC(C)=O)cc1C)OCC. The van der Waals surface area contributed by atoms with Crippen LogP contribution in [-0.4, -0.2) is 32.0 Å². The molecule has 1 rings (SSSR count). The summed E-state index contributed by atoms with van der Waals surface area (Å²) in [7, 11) is 0. The second-order valence-corrected chi connectivity index (χ2v) is 5.25. The van der Waals surface area contributed by atoms with Gasteiger partial charge < -0.3 is 20.1 Å². The Balaban J connectivity index is 2.62. The third-order valence-electron chi connectivity index (χ3n) is 3.33. The monoisotopic (exact) mass is 308 g/mol. The summed E-state index contributed by atoms with van der Waals surface area (Å²) in [4.78, 5) is 11.2. The zero-order chi connectivity index (χ0) is 16.5. The fourth-order valence-electron chi connectivity index (χ4n) is 2.25. The lowest BCUT2D eigenvalue weighted by Crippen LogP contribution is -2.31. The number of carbonyl (C=O) groups excluding carboxylic acids is 1. The number of hydrogen-bond acceptors (Lipinski definition) is 4. The summed E-state index contributed by atoms with van der Waals surface area (Å²) < 4.78 is 11.0. The molecule has 1 aromatic carbocycles. The number of carbonyl (C=O) groups is 1. The highest BCUT2D eigenvalue weighted by Crippen LogP contribution is 2.20. The number of anilines is 1. The molecule has 0 saturated heterocycles. The van der Waals surface area contributed by atoms with Crippen LogP contribution in [0.15, 0.2) is 12.1 Å². The van der Waals surface area contributed by atoms with E-state index in [9.17, 15) is 4.79 Å². The number of ether oxygens (including phenoxy) is 2. The van der Waals surface area contributed by atoms with Crippen LogP contribution in [-0.2, 0) is 20.8 Å². The standard InChI is InChI=1S/C17H28N2O3/c1-6-21-17(22-7-2)11-18-10-15-8-13(4)16(9-12(15)3)19-14(5)20/h8-9,17-18H,6-7,10-11H2,1-5H3,(H,19,20). The van der Waals surface area contributed by atoms with Gasteiger partial charge in [-0.2, -0.15) is 0 Å². The van der Waals surface area contributed by atoms with Gasteiger partial charge in [0.1, 0.15) is 0 Å². The lowest BCUT2D eigenvalue weighted by atomic mass is 10.0. The zero-order valence-corrected chi connectivity index (χ0v) is 14.3. The maximum atomic E-state index is 11.2. The Kier molecular flexibility index (Phi) is 8.09. The van der Waals surface area contributed by atoms with Gasteiger partial charge in [-0.05, 0) is 50.5 Å². The molecule has 0 saturated carbocycles. The highest BCUT2D eigenvalue weighted by atomic mass is 16.7. The van der Waals surface area contributed by atoms with Crippen LogP contribution in [0.25, 0.3) is 0 Å². The summed E-state index contributed by atoms with van der Waals surface area (Å²) in [5.74, 6) is -0.0513. The predicted molar refractivity (Wildman–Crippen MR) is 89.0 cm³/mol. The van der Waals surface area contributed by atoms with Crippen LogP contribution >= 0.6 is 0 Å². The Hall–Kier alpha value is -1.43. The Morgan fingerprint density at radius 1 is 1.14 bits per heavy atom. The normalized spacial score (nSPS) is 11.0. The second-order valence-electron chi connectivity index (χ2n) is 5.25. The second kappa shape index (κ2) is 9.56. The van der Waals surface area contributed by atoms with Gasteiger partial charge in [0.25, 0.3) is 0 Å². The molecule has 0 aliphatic carbocycles. The van der Waals surface area contributed by atoms with Crippen LogP contribution in [0.5, 0.6) is 0 Å². The van der Waals surface area contributed by atoms with E-state index in [-0.39, 0.29) is 12.2 Å². The number of hydrogen-bond donors (Lipinski definition) is 2. The summed E-state index contributed by atoms with van der Waals surface area (Å²) in [6, 6.07) is 4.11. The van der Waals surface area contributed by atoms with Crippen molar-refractivity contribution in [2.45, 2.75) is 47.5 Å². The molecule has 124 valence electrons. The van der Waals surface area contributed by atoms with Gasteiger partial charge in [0.2, 0.25) is 5.91 Å². The third-order valence-corrected chi connectivity index (χ3v) is 3.33. The minimum absolute atomic E-state index is 0.0513. The summed E-state index contributed by atoms with van der Waals surface area (Å²) in [6.45, 7) is 12.1. The predicted octanol–water partition coefficient (Wildman–Crippen LogP) is 2.75. The highest BCUT2D eigenvalue weighted by Gasteiger charge is 2.09. The number of rotatable bonds is 9. The third kappa shape index (κ3) is 6.13. The molecule has 2 N–H and O–H groups in total. The van der Waals surface area contributed by atoms with Crippen molar-refractivity contribution in [3.63, 3.8) is 0 Å². The van der Waals surface area contributed by atoms with Gasteiger partial charge in [-0.1, -0.05) is 6.07 Å². The molecular weight excluding hydrogens is 280 g/mol. The van der Waals surface area contributed by atoms with Crippen molar-refractivity contribution in [3.8, 4) is 0 Å². The van der Waals surface area contributed by atoms with Crippen molar-refractivity contribution in [1.82, 2.24) is 5.32 Å². The van der Waals surface area contributed by atoms with E-state index in [0.717, 1.165) is 23.4 Å². The van der Waals surface area contributed by atoms with E-state index in [0.29, 0.717) is 19.8 Å².